The van der Waals surface area contributed by atoms with Gasteiger partial charge >= 0.3 is 0 Å². The second-order valence-corrected chi connectivity index (χ2v) is 5.48. The molecule has 0 N–H and O–H groups in total. The molecule has 0 aliphatic heterocycles. The van der Waals surface area contributed by atoms with E-state index in [0.717, 1.165) is 0 Å². The molecule has 0 fully saturated rings. The molecule has 2 nitrogen and oxygen atoms in total. The van der Waals surface area contributed by atoms with Crippen LogP contribution in [0.5, 0.6) is 0 Å². The van der Waals surface area contributed by atoms with Crippen molar-refractivity contribution in [1.82, 2.24) is 4.40 Å². The summed E-state index contributed by atoms with van der Waals surface area (Å²) in [4.78, 5) is 0. The second kappa shape index (κ2) is 4.45. The summed E-state index contributed by atoms with van der Waals surface area (Å²) in [6.07, 6.45) is 2.14. The predicted octanol–water partition coefficient (Wildman–Crippen LogP) is 3.89. The minimum Gasteiger partial charge on any atom is -0.225 e. The van der Waals surface area contributed by atoms with Crippen molar-refractivity contribution in [2.24, 2.45) is 7.05 Å². The third-order valence-corrected chi connectivity index (χ3v) is 4.22. The van der Waals surface area contributed by atoms with Gasteiger partial charge in [0.1, 0.15) is 0 Å². The third kappa shape index (κ3) is 1.69. The van der Waals surface area contributed by atoms with E-state index in [1.807, 2.05) is 0 Å². The molecule has 2 heterocycles. The Bertz CT molecular complexity index is 964. The molecule has 0 radical (unpaired) electrons. The number of nitrogens with zero attached hydrogens (tertiary/aromatic N) is 2. The van der Waals surface area contributed by atoms with Gasteiger partial charge in [0.2, 0.25) is 0 Å². The van der Waals surface area contributed by atoms with E-state index in [1.165, 1.54) is 33.4 Å². The number of para-hydroxylation sites is 2. The molecule has 0 unspecified atom stereocenters. The van der Waals surface area contributed by atoms with Crippen molar-refractivity contribution in [1.29, 1.82) is 0 Å². The summed E-state index contributed by atoms with van der Waals surface area (Å²) >= 11 is 0. The van der Waals surface area contributed by atoms with Gasteiger partial charge in [-0.25, -0.2) is 4.57 Å². The molecule has 0 aliphatic rings. The van der Waals surface area contributed by atoms with Crippen LogP contribution in [0.4, 0.5) is 0 Å². The first-order chi connectivity index (χ1) is 10.3. The van der Waals surface area contributed by atoms with Crippen LogP contribution in [0.1, 0.15) is 5.56 Å². The topological polar surface area (TPSA) is 8.29 Å². The fourth-order valence-electron chi connectivity index (χ4n) is 3.19. The van der Waals surface area contributed by atoms with Crippen molar-refractivity contribution in [2.75, 3.05) is 0 Å². The van der Waals surface area contributed by atoms with Crippen molar-refractivity contribution in [3.8, 4) is 11.1 Å². The van der Waals surface area contributed by atoms with Crippen LogP contribution in [0, 0.1) is 6.92 Å². The maximum absolute atomic E-state index is 2.27. The molecular weight excluding hydrogens is 256 g/mol. The summed E-state index contributed by atoms with van der Waals surface area (Å²) in [5, 5.41) is 0. The summed E-state index contributed by atoms with van der Waals surface area (Å²) in [7, 11) is 2.14. The minimum absolute atomic E-state index is 1.23. The fourth-order valence-corrected chi connectivity index (χ4v) is 3.19. The number of imidazole rings is 1. The Morgan fingerprint density at radius 2 is 1.52 bits per heavy atom. The zero-order chi connectivity index (χ0) is 14.4. The Balaban J connectivity index is 2.19. The van der Waals surface area contributed by atoms with Gasteiger partial charge in [0.25, 0.3) is 5.65 Å². The summed E-state index contributed by atoms with van der Waals surface area (Å²) in [6, 6.07) is 21.4. The van der Waals surface area contributed by atoms with Crippen LogP contribution < -0.4 is 4.57 Å². The number of pyridine rings is 1. The molecule has 0 saturated carbocycles. The lowest BCUT2D eigenvalue weighted by Gasteiger charge is -2.05. The van der Waals surface area contributed by atoms with Gasteiger partial charge in [0.15, 0.2) is 11.0 Å². The van der Waals surface area contributed by atoms with Gasteiger partial charge in [-0.15, -0.1) is 0 Å². The first kappa shape index (κ1) is 12.2. The van der Waals surface area contributed by atoms with E-state index in [-0.39, 0.29) is 0 Å². The number of rotatable bonds is 1. The standard InChI is InChI=1S/C19H17N2/c1-14-8-3-4-9-15(14)16-10-7-13-21-18-12-6-5-11-17(18)20(2)19(16)21/h3-13H,1-2H3/q+1. The molecule has 0 amide bonds. The highest BCUT2D eigenvalue weighted by Gasteiger charge is 2.20. The van der Waals surface area contributed by atoms with Crippen LogP contribution in [-0.4, -0.2) is 4.40 Å². The SMILES string of the molecule is Cc1ccccc1-c1cccn2c3ccccc3[n+](C)c12. The van der Waals surface area contributed by atoms with Crippen molar-refractivity contribution >= 4 is 16.7 Å². The number of aromatic nitrogens is 2. The van der Waals surface area contributed by atoms with Gasteiger partial charge in [0.05, 0.1) is 18.8 Å². The Hall–Kier alpha value is -2.61. The number of aryl methyl sites for hydroxylation is 2. The highest BCUT2D eigenvalue weighted by atomic mass is 15.1. The number of hydrogen-bond acceptors (Lipinski definition) is 0. The van der Waals surface area contributed by atoms with Crippen molar-refractivity contribution in [2.45, 2.75) is 6.92 Å². The maximum atomic E-state index is 2.27. The van der Waals surface area contributed by atoms with Crippen LogP contribution in [0.25, 0.3) is 27.8 Å². The predicted molar refractivity (Wildman–Crippen MR) is 86.3 cm³/mol. The number of hydrogen-bond donors (Lipinski definition) is 0. The van der Waals surface area contributed by atoms with Crippen LogP contribution in [0.15, 0.2) is 66.9 Å². The molecular formula is C19H17N2+. The van der Waals surface area contributed by atoms with Crippen molar-refractivity contribution in [3.63, 3.8) is 0 Å². The number of fused-ring (bicyclic) bond motifs is 3. The molecule has 4 rings (SSSR count). The first-order valence-electron chi connectivity index (χ1n) is 7.21. The quantitative estimate of drug-likeness (QED) is 0.465. The van der Waals surface area contributed by atoms with Gasteiger partial charge < -0.3 is 0 Å². The molecule has 21 heavy (non-hydrogen) atoms. The Morgan fingerprint density at radius 1 is 0.810 bits per heavy atom. The summed E-state index contributed by atoms with van der Waals surface area (Å²) in [5.74, 6) is 0. The molecule has 2 aromatic carbocycles. The van der Waals surface area contributed by atoms with E-state index in [2.05, 4.69) is 89.8 Å². The fraction of sp³-hybridized carbons (Fsp3) is 0.105. The Morgan fingerprint density at radius 3 is 2.38 bits per heavy atom. The first-order valence-corrected chi connectivity index (χ1v) is 7.21. The average Bonchev–Trinajstić information content (AvgIpc) is 2.82. The molecule has 4 aromatic rings. The molecule has 0 aliphatic carbocycles. The van der Waals surface area contributed by atoms with E-state index in [0.29, 0.717) is 0 Å². The smallest absolute Gasteiger partial charge is 0.225 e. The van der Waals surface area contributed by atoms with E-state index in [9.17, 15) is 0 Å². The van der Waals surface area contributed by atoms with Crippen molar-refractivity contribution < 1.29 is 4.57 Å². The molecule has 0 bridgehead atoms. The van der Waals surface area contributed by atoms with Gasteiger partial charge in [-0.3, -0.25) is 0 Å². The van der Waals surface area contributed by atoms with E-state index in [4.69, 9.17) is 0 Å². The largest absolute Gasteiger partial charge is 0.294 e. The summed E-state index contributed by atoms with van der Waals surface area (Å²) in [6.45, 7) is 2.17. The Kier molecular flexibility index (Phi) is 2.58. The molecule has 0 atom stereocenters. The van der Waals surface area contributed by atoms with E-state index >= 15 is 0 Å². The molecule has 2 aromatic heterocycles. The minimum atomic E-state index is 1.23. The lowest BCUT2D eigenvalue weighted by atomic mass is 10.0. The average molecular weight is 273 g/mol. The maximum Gasteiger partial charge on any atom is 0.294 e. The third-order valence-electron chi connectivity index (χ3n) is 4.22. The normalized spacial score (nSPS) is 11.3. The highest BCUT2D eigenvalue weighted by Crippen LogP contribution is 2.28. The highest BCUT2D eigenvalue weighted by molar-refractivity contribution is 5.84. The lowest BCUT2D eigenvalue weighted by molar-refractivity contribution is -0.618. The number of benzene rings is 2. The molecule has 0 spiro atoms. The summed E-state index contributed by atoms with van der Waals surface area (Å²) < 4.78 is 4.55. The van der Waals surface area contributed by atoms with Crippen molar-refractivity contribution in [3.05, 3.63) is 72.4 Å². The van der Waals surface area contributed by atoms with Gasteiger partial charge in [-0.1, -0.05) is 36.4 Å². The van der Waals surface area contributed by atoms with Gasteiger partial charge in [0, 0.05) is 0 Å². The van der Waals surface area contributed by atoms with Gasteiger partial charge in [-0.05, 0) is 42.3 Å². The van der Waals surface area contributed by atoms with Crippen LogP contribution in [0.2, 0.25) is 0 Å². The van der Waals surface area contributed by atoms with Crippen LogP contribution >= 0.6 is 0 Å². The zero-order valence-corrected chi connectivity index (χ0v) is 12.2. The second-order valence-electron chi connectivity index (χ2n) is 5.48. The van der Waals surface area contributed by atoms with Crippen LogP contribution in [0.3, 0.4) is 0 Å². The van der Waals surface area contributed by atoms with E-state index < -0.39 is 0 Å². The van der Waals surface area contributed by atoms with Crippen LogP contribution in [-0.2, 0) is 7.05 Å². The monoisotopic (exact) mass is 273 g/mol. The van der Waals surface area contributed by atoms with E-state index in [1.54, 1.807) is 0 Å². The Labute approximate surface area is 123 Å². The zero-order valence-electron chi connectivity index (χ0n) is 12.2. The molecule has 102 valence electrons. The lowest BCUT2D eigenvalue weighted by Crippen LogP contribution is -2.27. The summed E-state index contributed by atoms with van der Waals surface area (Å²) in [5.41, 5.74) is 7.59. The van der Waals surface area contributed by atoms with Gasteiger partial charge in [-0.2, -0.15) is 4.40 Å². The molecule has 2 heteroatoms. The molecule has 0 saturated heterocycles.